The number of rotatable bonds is 58. The zero-order valence-corrected chi connectivity index (χ0v) is 49.6. The highest BCUT2D eigenvalue weighted by Crippen LogP contribution is 2.16. The summed E-state index contributed by atoms with van der Waals surface area (Å²) in [6.45, 7) is 6.48. The Hall–Kier alpha value is -3.41. The van der Waals surface area contributed by atoms with Crippen molar-refractivity contribution in [2.24, 2.45) is 0 Å². The van der Waals surface area contributed by atoms with E-state index in [1.165, 1.54) is 180 Å². The van der Waals surface area contributed by atoms with Crippen molar-refractivity contribution in [1.29, 1.82) is 0 Å². The van der Waals surface area contributed by atoms with E-state index in [0.29, 0.717) is 19.3 Å². The van der Waals surface area contributed by atoms with Crippen LogP contribution in [0.5, 0.6) is 0 Å². The lowest BCUT2D eigenvalue weighted by Crippen LogP contribution is -2.30. The summed E-state index contributed by atoms with van der Waals surface area (Å²) in [5.41, 5.74) is 0. The lowest BCUT2D eigenvalue weighted by atomic mass is 10.0. The highest BCUT2D eigenvalue weighted by atomic mass is 16.6. The molecule has 0 heterocycles. The second-order valence-electron chi connectivity index (χ2n) is 21.3. The molecule has 0 fully saturated rings. The highest BCUT2D eigenvalue weighted by Gasteiger charge is 2.19. The topological polar surface area (TPSA) is 78.9 Å². The zero-order chi connectivity index (χ0) is 54.3. The van der Waals surface area contributed by atoms with Crippen molar-refractivity contribution in [3.63, 3.8) is 0 Å². The fourth-order valence-electron chi connectivity index (χ4n) is 9.03. The molecular weight excluding hydrogens is 925 g/mol. The van der Waals surface area contributed by atoms with Crippen molar-refractivity contribution in [3.8, 4) is 0 Å². The Labute approximate surface area is 465 Å². The summed E-state index contributed by atoms with van der Waals surface area (Å²) in [7, 11) is 0. The normalized spacial score (nSPS) is 12.6. The number of carbonyl (C=O) groups excluding carboxylic acids is 3. The first-order chi connectivity index (χ1) is 37.0. The quantitative estimate of drug-likeness (QED) is 0.0261. The zero-order valence-electron chi connectivity index (χ0n) is 49.6. The molecule has 0 saturated carbocycles. The molecule has 1 unspecified atom stereocenters. The third-order valence-corrected chi connectivity index (χ3v) is 13.9. The van der Waals surface area contributed by atoms with E-state index >= 15 is 0 Å². The molecule has 432 valence electrons. The van der Waals surface area contributed by atoms with Gasteiger partial charge in [0.25, 0.3) is 0 Å². The number of hydrogen-bond acceptors (Lipinski definition) is 6. The summed E-state index contributed by atoms with van der Waals surface area (Å²) in [4.78, 5) is 38.2. The Balaban J connectivity index is 4.23. The molecule has 0 bridgehead atoms. The van der Waals surface area contributed by atoms with Crippen LogP contribution in [0.2, 0.25) is 0 Å². The van der Waals surface area contributed by atoms with Gasteiger partial charge < -0.3 is 14.2 Å². The van der Waals surface area contributed by atoms with Crippen molar-refractivity contribution in [2.75, 3.05) is 13.2 Å². The average molecular weight is 1050 g/mol. The predicted molar refractivity (Wildman–Crippen MR) is 325 cm³/mol. The second kappa shape index (κ2) is 63.1. The van der Waals surface area contributed by atoms with Crippen molar-refractivity contribution in [1.82, 2.24) is 0 Å². The van der Waals surface area contributed by atoms with E-state index in [1.54, 1.807) is 0 Å². The van der Waals surface area contributed by atoms with Crippen LogP contribution in [0.1, 0.15) is 316 Å². The van der Waals surface area contributed by atoms with E-state index in [0.717, 1.165) is 96.3 Å². The van der Waals surface area contributed by atoms with Crippen molar-refractivity contribution >= 4 is 17.9 Å². The highest BCUT2D eigenvalue weighted by molar-refractivity contribution is 5.71. The van der Waals surface area contributed by atoms with Crippen LogP contribution in [0.25, 0.3) is 0 Å². The molecule has 0 aliphatic heterocycles. The maximum atomic E-state index is 12.9. The number of esters is 3. The number of unbranched alkanes of at least 4 members (excludes halogenated alkanes) is 33. The van der Waals surface area contributed by atoms with Crippen LogP contribution in [-0.4, -0.2) is 37.2 Å². The minimum Gasteiger partial charge on any atom is -0.462 e. The van der Waals surface area contributed by atoms with Gasteiger partial charge in [0.05, 0.1) is 0 Å². The molecule has 0 rings (SSSR count). The fourth-order valence-corrected chi connectivity index (χ4v) is 9.03. The summed E-state index contributed by atoms with van der Waals surface area (Å²) in [5, 5.41) is 0. The van der Waals surface area contributed by atoms with Gasteiger partial charge in [0.1, 0.15) is 13.2 Å². The summed E-state index contributed by atoms with van der Waals surface area (Å²) in [6, 6.07) is 0. The van der Waals surface area contributed by atoms with Gasteiger partial charge in [-0.2, -0.15) is 0 Å². The molecule has 75 heavy (non-hydrogen) atoms. The van der Waals surface area contributed by atoms with Crippen LogP contribution in [0, 0.1) is 0 Å². The fraction of sp³-hybridized carbons (Fsp3) is 0.754. The minimum absolute atomic E-state index is 0.0791. The van der Waals surface area contributed by atoms with Crippen LogP contribution in [-0.2, 0) is 28.6 Å². The van der Waals surface area contributed by atoms with E-state index < -0.39 is 6.10 Å². The molecule has 0 saturated heterocycles. The number of hydrogen-bond donors (Lipinski definition) is 0. The largest absolute Gasteiger partial charge is 0.462 e. The van der Waals surface area contributed by atoms with Gasteiger partial charge in [-0.15, -0.1) is 0 Å². The molecule has 0 radical (unpaired) electrons. The van der Waals surface area contributed by atoms with Gasteiger partial charge in [-0.3, -0.25) is 14.4 Å². The third kappa shape index (κ3) is 61.3. The van der Waals surface area contributed by atoms with E-state index in [4.69, 9.17) is 14.2 Å². The third-order valence-electron chi connectivity index (χ3n) is 13.9. The summed E-state index contributed by atoms with van der Waals surface area (Å²) < 4.78 is 16.9. The van der Waals surface area contributed by atoms with Crippen LogP contribution in [0.15, 0.2) is 85.1 Å². The number of allylic oxidation sites excluding steroid dienone is 14. The lowest BCUT2D eigenvalue weighted by Gasteiger charge is -2.18. The summed E-state index contributed by atoms with van der Waals surface area (Å²) >= 11 is 0. The van der Waals surface area contributed by atoms with E-state index in [9.17, 15) is 14.4 Å². The van der Waals surface area contributed by atoms with Gasteiger partial charge in [0.2, 0.25) is 0 Å². The first kappa shape index (κ1) is 71.6. The van der Waals surface area contributed by atoms with Gasteiger partial charge in [0.15, 0.2) is 6.10 Å². The van der Waals surface area contributed by atoms with Gasteiger partial charge >= 0.3 is 17.9 Å². The first-order valence-electron chi connectivity index (χ1n) is 32.1. The van der Waals surface area contributed by atoms with E-state index in [-0.39, 0.29) is 31.1 Å². The maximum Gasteiger partial charge on any atom is 0.306 e. The predicted octanol–water partition coefficient (Wildman–Crippen LogP) is 21.9. The number of carbonyl (C=O) groups is 3. The second-order valence-corrected chi connectivity index (χ2v) is 21.3. The van der Waals surface area contributed by atoms with E-state index in [1.807, 2.05) is 0 Å². The molecule has 0 aromatic carbocycles. The molecule has 0 amide bonds. The SMILES string of the molecule is CC/C=C\C/C=C\C/C=C\C/C=C\CCCCCCCCCCCCCCCCC(=O)OCC(COC(=O)CCCCCCC/C=C\CCCC)OC(=O)CCCCCCCCCCC/C=C\C/C=C\CCCCC. The standard InChI is InChI=1S/C69H120O6/c1-4-7-10-13-16-19-22-24-26-28-30-31-32-33-34-35-36-37-39-40-42-44-47-50-53-56-59-62-68(71)74-65-66(64-73-67(70)61-58-55-52-49-46-21-18-15-12-9-6-3)75-69(72)63-60-57-54-51-48-45-43-41-38-29-27-25-23-20-17-14-11-8-5-2/h7,10,15-20,24-27,30-31,66H,4-6,8-9,11-14,21-23,28-29,32-65H2,1-3H3/b10-7-,18-15-,19-16-,20-17-,26-24-,27-25-,31-30-. The molecule has 6 heteroatoms. The Morgan fingerprint density at radius 2 is 0.533 bits per heavy atom. The Bertz CT molecular complexity index is 1430. The first-order valence-corrected chi connectivity index (χ1v) is 32.1. The molecule has 0 aromatic heterocycles. The molecule has 0 spiro atoms. The molecular formula is C69H120O6. The van der Waals surface area contributed by atoms with Gasteiger partial charge in [0, 0.05) is 19.3 Å². The average Bonchev–Trinajstić information content (AvgIpc) is 3.41. The smallest absolute Gasteiger partial charge is 0.306 e. The molecule has 6 nitrogen and oxygen atoms in total. The molecule has 0 aliphatic carbocycles. The lowest BCUT2D eigenvalue weighted by molar-refractivity contribution is -0.167. The summed E-state index contributed by atoms with van der Waals surface area (Å²) in [5.74, 6) is -0.882. The van der Waals surface area contributed by atoms with Crippen molar-refractivity contribution < 1.29 is 28.6 Å². The molecule has 0 aliphatic rings. The van der Waals surface area contributed by atoms with Gasteiger partial charge in [-0.1, -0.05) is 273 Å². The minimum atomic E-state index is -0.782. The van der Waals surface area contributed by atoms with Crippen molar-refractivity contribution in [2.45, 2.75) is 322 Å². The maximum absolute atomic E-state index is 12.9. The molecule has 1 atom stereocenters. The number of ether oxygens (including phenoxy) is 3. The Kier molecular flexibility index (Phi) is 60.3. The van der Waals surface area contributed by atoms with Crippen LogP contribution < -0.4 is 0 Å². The van der Waals surface area contributed by atoms with Crippen LogP contribution in [0.4, 0.5) is 0 Å². The van der Waals surface area contributed by atoms with Crippen molar-refractivity contribution in [3.05, 3.63) is 85.1 Å². The monoisotopic (exact) mass is 1040 g/mol. The van der Waals surface area contributed by atoms with Crippen LogP contribution in [0.3, 0.4) is 0 Å². The van der Waals surface area contributed by atoms with Gasteiger partial charge in [-0.05, 0) is 109 Å². The Morgan fingerprint density at radius 1 is 0.280 bits per heavy atom. The van der Waals surface area contributed by atoms with Gasteiger partial charge in [-0.25, -0.2) is 0 Å². The Morgan fingerprint density at radius 3 is 0.867 bits per heavy atom. The van der Waals surface area contributed by atoms with Crippen LogP contribution >= 0.6 is 0 Å². The van der Waals surface area contributed by atoms with E-state index in [2.05, 4.69) is 106 Å². The molecule has 0 aromatic rings. The molecule has 0 N–H and O–H groups in total. The summed E-state index contributed by atoms with van der Waals surface area (Å²) in [6.07, 6.45) is 83.1.